The first-order valence-corrected chi connectivity index (χ1v) is 7.94. The average Bonchev–Trinajstić information content (AvgIpc) is 2.91. The average molecular weight is 297 g/mol. The first-order chi connectivity index (χ1) is 10.1. The zero-order valence-corrected chi connectivity index (χ0v) is 13.1. The summed E-state index contributed by atoms with van der Waals surface area (Å²) in [6.45, 7) is 4.90. The molecule has 3 nitrogen and oxygen atoms in total. The predicted octanol–water partition coefficient (Wildman–Crippen LogP) is 4.04. The van der Waals surface area contributed by atoms with Crippen molar-refractivity contribution < 1.29 is 0 Å². The molecule has 0 aliphatic heterocycles. The van der Waals surface area contributed by atoms with E-state index in [0.29, 0.717) is 0 Å². The lowest BCUT2D eigenvalue weighted by Crippen LogP contribution is -2.18. The van der Waals surface area contributed by atoms with Crippen molar-refractivity contribution in [3.05, 3.63) is 58.0 Å². The fraction of sp³-hybridized carbons (Fsp3) is 0.235. The molecule has 0 saturated heterocycles. The lowest BCUT2D eigenvalue weighted by atomic mass is 10.0. The number of anilines is 1. The van der Waals surface area contributed by atoms with E-state index in [4.69, 9.17) is 5.73 Å². The van der Waals surface area contributed by atoms with Gasteiger partial charge in [-0.1, -0.05) is 24.3 Å². The minimum atomic E-state index is 0.231. The maximum Gasteiger partial charge on any atom is 0.110 e. The van der Waals surface area contributed by atoms with Gasteiger partial charge in [0.15, 0.2) is 0 Å². The fourth-order valence-corrected chi connectivity index (χ4v) is 3.21. The van der Waals surface area contributed by atoms with Gasteiger partial charge >= 0.3 is 0 Å². The Labute approximate surface area is 128 Å². The van der Waals surface area contributed by atoms with Crippen LogP contribution in [0.25, 0.3) is 10.8 Å². The van der Waals surface area contributed by atoms with Crippen molar-refractivity contribution in [1.82, 2.24) is 10.3 Å². The molecule has 0 amide bonds. The van der Waals surface area contributed by atoms with Crippen LogP contribution in [0.2, 0.25) is 0 Å². The molecule has 3 N–H and O–H groups in total. The van der Waals surface area contributed by atoms with Gasteiger partial charge in [0, 0.05) is 23.3 Å². The number of hydrogen-bond acceptors (Lipinski definition) is 4. The van der Waals surface area contributed by atoms with Gasteiger partial charge in [-0.05, 0) is 42.3 Å². The van der Waals surface area contributed by atoms with Crippen LogP contribution >= 0.6 is 11.3 Å². The molecule has 2 aromatic carbocycles. The normalized spacial score (nSPS) is 12.7. The summed E-state index contributed by atoms with van der Waals surface area (Å²) in [5.74, 6) is 0. The van der Waals surface area contributed by atoms with Crippen molar-refractivity contribution in [3.63, 3.8) is 0 Å². The molecule has 0 radical (unpaired) electrons. The summed E-state index contributed by atoms with van der Waals surface area (Å²) >= 11 is 1.69. The number of fused-ring (bicyclic) bond motifs is 1. The third-order valence-corrected chi connectivity index (χ3v) is 4.76. The zero-order chi connectivity index (χ0) is 14.8. The highest BCUT2D eigenvalue weighted by molar-refractivity contribution is 7.09. The van der Waals surface area contributed by atoms with Crippen LogP contribution in [0.3, 0.4) is 0 Å². The molecule has 4 heteroatoms. The highest BCUT2D eigenvalue weighted by atomic mass is 32.1. The maximum absolute atomic E-state index is 6.16. The third kappa shape index (κ3) is 3.06. The second-order valence-electron chi connectivity index (χ2n) is 5.33. The molecular weight excluding hydrogens is 278 g/mol. The Bertz CT molecular complexity index is 764. The zero-order valence-electron chi connectivity index (χ0n) is 12.3. The van der Waals surface area contributed by atoms with Crippen LogP contribution in [-0.2, 0) is 6.54 Å². The summed E-state index contributed by atoms with van der Waals surface area (Å²) in [7, 11) is 0. The standard InChI is InChI=1S/C17H19N3S/c1-11-10-21-17(20-11)12(2)19-9-15-7-13-5-3-4-6-14(13)8-16(15)18/h3-8,10,12,19H,9,18H2,1-2H3. The van der Waals surface area contributed by atoms with Crippen molar-refractivity contribution in [1.29, 1.82) is 0 Å². The van der Waals surface area contributed by atoms with Gasteiger partial charge in [-0.25, -0.2) is 4.98 Å². The van der Waals surface area contributed by atoms with E-state index < -0.39 is 0 Å². The minimum absolute atomic E-state index is 0.231. The highest BCUT2D eigenvalue weighted by Crippen LogP contribution is 2.23. The Morgan fingerprint density at radius 2 is 1.95 bits per heavy atom. The number of benzene rings is 2. The molecular formula is C17H19N3S. The monoisotopic (exact) mass is 297 g/mol. The number of aryl methyl sites for hydroxylation is 1. The summed E-state index contributed by atoms with van der Waals surface area (Å²) in [5.41, 5.74) is 9.21. The van der Waals surface area contributed by atoms with E-state index in [-0.39, 0.29) is 6.04 Å². The van der Waals surface area contributed by atoms with Gasteiger partial charge in [0.1, 0.15) is 5.01 Å². The van der Waals surface area contributed by atoms with E-state index in [1.807, 2.05) is 19.1 Å². The first-order valence-electron chi connectivity index (χ1n) is 7.06. The molecule has 0 aliphatic rings. The predicted molar refractivity (Wildman–Crippen MR) is 90.5 cm³/mol. The smallest absolute Gasteiger partial charge is 0.110 e. The maximum atomic E-state index is 6.16. The van der Waals surface area contributed by atoms with Crippen molar-refractivity contribution in [2.75, 3.05) is 5.73 Å². The minimum Gasteiger partial charge on any atom is -0.398 e. The highest BCUT2D eigenvalue weighted by Gasteiger charge is 2.10. The van der Waals surface area contributed by atoms with Crippen LogP contribution < -0.4 is 11.1 Å². The quantitative estimate of drug-likeness (QED) is 0.715. The number of hydrogen-bond donors (Lipinski definition) is 2. The molecule has 108 valence electrons. The molecule has 0 bridgehead atoms. The van der Waals surface area contributed by atoms with Gasteiger partial charge in [-0.2, -0.15) is 0 Å². The van der Waals surface area contributed by atoms with Crippen molar-refractivity contribution >= 4 is 27.8 Å². The van der Waals surface area contributed by atoms with Gasteiger partial charge in [0.2, 0.25) is 0 Å². The molecule has 1 aromatic heterocycles. The number of aromatic nitrogens is 1. The van der Waals surface area contributed by atoms with Crippen LogP contribution in [0.5, 0.6) is 0 Å². The van der Waals surface area contributed by atoms with Gasteiger partial charge in [-0.3, -0.25) is 0 Å². The number of nitrogens with zero attached hydrogens (tertiary/aromatic N) is 1. The van der Waals surface area contributed by atoms with E-state index in [2.05, 4.69) is 46.9 Å². The van der Waals surface area contributed by atoms with Crippen molar-refractivity contribution in [2.24, 2.45) is 0 Å². The number of nitrogens with one attached hydrogen (secondary N) is 1. The van der Waals surface area contributed by atoms with E-state index in [9.17, 15) is 0 Å². The Hall–Kier alpha value is -1.91. The molecule has 3 aromatic rings. The summed E-state index contributed by atoms with van der Waals surface area (Å²) in [4.78, 5) is 4.52. The molecule has 1 atom stereocenters. The molecule has 0 aliphatic carbocycles. The second kappa shape index (κ2) is 5.84. The first kappa shape index (κ1) is 14.0. The van der Waals surface area contributed by atoms with E-state index in [0.717, 1.165) is 28.5 Å². The lowest BCUT2D eigenvalue weighted by Gasteiger charge is -2.13. The molecule has 0 saturated carbocycles. The topological polar surface area (TPSA) is 50.9 Å². The van der Waals surface area contributed by atoms with Crippen molar-refractivity contribution in [3.8, 4) is 0 Å². The van der Waals surface area contributed by atoms with Gasteiger partial charge in [-0.15, -0.1) is 11.3 Å². The van der Waals surface area contributed by atoms with Crippen LogP contribution in [0, 0.1) is 6.92 Å². The second-order valence-corrected chi connectivity index (χ2v) is 6.22. The molecule has 1 heterocycles. The number of thiazole rings is 1. The summed E-state index contributed by atoms with van der Waals surface area (Å²) in [5, 5.41) is 9.11. The summed E-state index contributed by atoms with van der Waals surface area (Å²) in [6, 6.07) is 12.7. The van der Waals surface area contributed by atoms with Crippen LogP contribution in [-0.4, -0.2) is 4.98 Å². The molecule has 0 spiro atoms. The summed E-state index contributed by atoms with van der Waals surface area (Å²) in [6.07, 6.45) is 0. The largest absolute Gasteiger partial charge is 0.398 e. The fourth-order valence-electron chi connectivity index (χ4n) is 2.38. The van der Waals surface area contributed by atoms with Crippen LogP contribution in [0.4, 0.5) is 5.69 Å². The molecule has 21 heavy (non-hydrogen) atoms. The Morgan fingerprint density at radius 1 is 1.24 bits per heavy atom. The summed E-state index contributed by atoms with van der Waals surface area (Å²) < 4.78 is 0. The lowest BCUT2D eigenvalue weighted by molar-refractivity contribution is 0.572. The Balaban J connectivity index is 1.77. The SMILES string of the molecule is Cc1csc(C(C)NCc2cc3ccccc3cc2N)n1. The van der Waals surface area contributed by atoms with Crippen LogP contribution in [0.15, 0.2) is 41.8 Å². The Kier molecular flexibility index (Phi) is 3.90. The Morgan fingerprint density at radius 3 is 2.62 bits per heavy atom. The third-order valence-electron chi connectivity index (χ3n) is 3.61. The van der Waals surface area contributed by atoms with Gasteiger partial charge < -0.3 is 11.1 Å². The van der Waals surface area contributed by atoms with Crippen LogP contribution in [0.1, 0.15) is 29.2 Å². The van der Waals surface area contributed by atoms with Gasteiger partial charge in [0.25, 0.3) is 0 Å². The van der Waals surface area contributed by atoms with Crippen molar-refractivity contribution in [2.45, 2.75) is 26.4 Å². The number of rotatable bonds is 4. The number of nitrogen functional groups attached to an aromatic ring is 1. The number of nitrogens with two attached hydrogens (primary N) is 1. The van der Waals surface area contributed by atoms with E-state index in [1.165, 1.54) is 10.8 Å². The van der Waals surface area contributed by atoms with Gasteiger partial charge in [0.05, 0.1) is 6.04 Å². The molecule has 1 unspecified atom stereocenters. The molecule has 0 fully saturated rings. The van der Waals surface area contributed by atoms with E-state index in [1.54, 1.807) is 11.3 Å². The molecule has 3 rings (SSSR count). The van der Waals surface area contributed by atoms with E-state index >= 15 is 0 Å².